The number of ether oxygens (including phenoxy) is 1. The van der Waals surface area contributed by atoms with Crippen LogP contribution < -0.4 is 15.2 Å². The zero-order valence-electron chi connectivity index (χ0n) is 17.8. The SMILES string of the molecule is O=[N+]([O-])c1c(NN(c2ccccc2)c2ccccc2)ncnc1Oc1cccc2cccnc12. The fraction of sp³-hybridized carbons (Fsp3) is 0. The predicted octanol–water partition coefficient (Wildman–Crippen LogP) is 5.89. The van der Waals surface area contributed by atoms with Gasteiger partial charge in [0.05, 0.1) is 16.3 Å². The summed E-state index contributed by atoms with van der Waals surface area (Å²) in [7, 11) is 0. The average Bonchev–Trinajstić information content (AvgIpc) is 2.88. The molecule has 9 heteroatoms. The van der Waals surface area contributed by atoms with E-state index in [2.05, 4.69) is 20.4 Å². The molecule has 34 heavy (non-hydrogen) atoms. The number of nitrogens with one attached hydrogen (secondary N) is 1. The Bertz CT molecular complexity index is 1400. The van der Waals surface area contributed by atoms with Crippen LogP contribution in [-0.4, -0.2) is 19.9 Å². The molecular formula is C25H18N6O3. The molecule has 1 N–H and O–H groups in total. The van der Waals surface area contributed by atoms with Gasteiger partial charge in [0.15, 0.2) is 5.75 Å². The monoisotopic (exact) mass is 450 g/mol. The van der Waals surface area contributed by atoms with Crippen LogP contribution in [0.3, 0.4) is 0 Å². The maximum atomic E-state index is 12.1. The molecule has 0 amide bonds. The van der Waals surface area contributed by atoms with Gasteiger partial charge in [-0.1, -0.05) is 54.6 Å². The van der Waals surface area contributed by atoms with Gasteiger partial charge in [0, 0.05) is 11.6 Å². The van der Waals surface area contributed by atoms with Crippen LogP contribution in [0.25, 0.3) is 10.9 Å². The normalized spacial score (nSPS) is 10.6. The van der Waals surface area contributed by atoms with Crippen molar-refractivity contribution in [3.8, 4) is 11.6 Å². The molecule has 3 aromatic carbocycles. The average molecular weight is 450 g/mol. The van der Waals surface area contributed by atoms with Crippen molar-refractivity contribution in [3.05, 3.63) is 114 Å². The first-order valence-corrected chi connectivity index (χ1v) is 10.4. The number of para-hydroxylation sites is 3. The van der Waals surface area contributed by atoms with E-state index in [1.807, 2.05) is 78.9 Å². The van der Waals surface area contributed by atoms with Gasteiger partial charge in [-0.05, 0) is 36.4 Å². The van der Waals surface area contributed by atoms with Crippen LogP contribution in [0, 0.1) is 10.1 Å². The molecular weight excluding hydrogens is 432 g/mol. The highest BCUT2D eigenvalue weighted by atomic mass is 16.6. The number of nitrogens with zero attached hydrogens (tertiary/aromatic N) is 5. The number of hydrogen-bond donors (Lipinski definition) is 1. The molecule has 0 fully saturated rings. The molecule has 0 spiro atoms. The third-order valence-corrected chi connectivity index (χ3v) is 5.02. The summed E-state index contributed by atoms with van der Waals surface area (Å²) in [6.45, 7) is 0. The topological polar surface area (TPSA) is 106 Å². The molecule has 0 aliphatic heterocycles. The van der Waals surface area contributed by atoms with Crippen molar-refractivity contribution < 1.29 is 9.66 Å². The fourth-order valence-electron chi connectivity index (χ4n) is 3.48. The third-order valence-electron chi connectivity index (χ3n) is 5.02. The van der Waals surface area contributed by atoms with Crippen LogP contribution in [0.1, 0.15) is 0 Å². The summed E-state index contributed by atoms with van der Waals surface area (Å²) in [4.78, 5) is 24.1. The van der Waals surface area contributed by atoms with Gasteiger partial charge in [-0.15, -0.1) is 0 Å². The Balaban J connectivity index is 1.57. The number of nitro groups is 1. The number of fused-ring (bicyclic) bond motifs is 1. The molecule has 0 bridgehead atoms. The predicted molar refractivity (Wildman–Crippen MR) is 129 cm³/mol. The summed E-state index contributed by atoms with van der Waals surface area (Å²) in [6, 6.07) is 27.9. The summed E-state index contributed by atoms with van der Waals surface area (Å²) in [6.07, 6.45) is 2.85. The van der Waals surface area contributed by atoms with Crippen molar-refractivity contribution in [1.82, 2.24) is 15.0 Å². The number of anilines is 3. The number of hydrazine groups is 1. The minimum atomic E-state index is -0.565. The van der Waals surface area contributed by atoms with E-state index in [0.29, 0.717) is 11.3 Å². The fourth-order valence-corrected chi connectivity index (χ4v) is 3.48. The maximum Gasteiger partial charge on any atom is 0.374 e. The lowest BCUT2D eigenvalue weighted by Gasteiger charge is -2.25. The van der Waals surface area contributed by atoms with E-state index in [-0.39, 0.29) is 11.7 Å². The Kier molecular flexibility index (Phi) is 5.64. The highest BCUT2D eigenvalue weighted by Crippen LogP contribution is 2.37. The van der Waals surface area contributed by atoms with Gasteiger partial charge in [-0.3, -0.25) is 25.5 Å². The molecule has 166 valence electrons. The van der Waals surface area contributed by atoms with Crippen LogP contribution in [-0.2, 0) is 0 Å². The van der Waals surface area contributed by atoms with E-state index in [4.69, 9.17) is 4.74 Å². The summed E-state index contributed by atoms with van der Waals surface area (Å²) in [5, 5.41) is 14.7. The van der Waals surface area contributed by atoms with Gasteiger partial charge in [-0.25, -0.2) is 4.98 Å². The lowest BCUT2D eigenvalue weighted by atomic mass is 10.2. The molecule has 0 aliphatic rings. The van der Waals surface area contributed by atoms with Crippen LogP contribution in [0.4, 0.5) is 22.9 Å². The number of hydrogen-bond acceptors (Lipinski definition) is 8. The van der Waals surface area contributed by atoms with Crippen LogP contribution >= 0.6 is 0 Å². The molecule has 2 aromatic heterocycles. The molecule has 2 heterocycles. The number of pyridine rings is 1. The van der Waals surface area contributed by atoms with Gasteiger partial charge in [0.2, 0.25) is 5.82 Å². The molecule has 5 aromatic rings. The largest absolute Gasteiger partial charge is 0.431 e. The van der Waals surface area contributed by atoms with Gasteiger partial charge >= 0.3 is 11.6 Å². The number of aromatic nitrogens is 3. The maximum absolute atomic E-state index is 12.1. The zero-order valence-corrected chi connectivity index (χ0v) is 17.8. The Hall–Kier alpha value is -5.05. The second-order valence-electron chi connectivity index (χ2n) is 7.18. The second-order valence-corrected chi connectivity index (χ2v) is 7.18. The van der Waals surface area contributed by atoms with E-state index >= 15 is 0 Å². The highest BCUT2D eigenvalue weighted by Gasteiger charge is 2.27. The summed E-state index contributed by atoms with van der Waals surface area (Å²) in [5.41, 5.74) is 4.78. The number of rotatable bonds is 7. The lowest BCUT2D eigenvalue weighted by Crippen LogP contribution is -2.25. The molecule has 9 nitrogen and oxygen atoms in total. The Labute approximate surface area is 194 Å². The van der Waals surface area contributed by atoms with Crippen molar-refractivity contribution in [2.75, 3.05) is 10.4 Å². The zero-order chi connectivity index (χ0) is 23.3. The first-order chi connectivity index (χ1) is 16.7. The van der Waals surface area contributed by atoms with Crippen LogP contribution in [0.2, 0.25) is 0 Å². The highest BCUT2D eigenvalue weighted by molar-refractivity contribution is 5.84. The number of benzene rings is 3. The minimum Gasteiger partial charge on any atom is -0.431 e. The van der Waals surface area contributed by atoms with Gasteiger partial charge in [-0.2, -0.15) is 4.98 Å². The van der Waals surface area contributed by atoms with Crippen molar-refractivity contribution in [2.45, 2.75) is 0 Å². The van der Waals surface area contributed by atoms with Crippen molar-refractivity contribution >= 4 is 33.8 Å². The minimum absolute atomic E-state index is 0.0177. The Morgan fingerprint density at radius 2 is 1.47 bits per heavy atom. The first-order valence-electron chi connectivity index (χ1n) is 10.4. The van der Waals surface area contributed by atoms with E-state index < -0.39 is 10.6 Å². The Morgan fingerprint density at radius 3 is 2.15 bits per heavy atom. The summed E-state index contributed by atoms with van der Waals surface area (Å²) >= 11 is 0. The molecule has 5 rings (SSSR count). The molecule has 0 atom stereocenters. The van der Waals surface area contributed by atoms with Gasteiger partial charge in [0.1, 0.15) is 11.8 Å². The van der Waals surface area contributed by atoms with Crippen molar-refractivity contribution in [2.24, 2.45) is 0 Å². The van der Waals surface area contributed by atoms with E-state index in [1.54, 1.807) is 23.3 Å². The lowest BCUT2D eigenvalue weighted by molar-refractivity contribution is -0.385. The third kappa shape index (κ3) is 4.17. The van der Waals surface area contributed by atoms with E-state index in [9.17, 15) is 10.1 Å². The second kappa shape index (κ2) is 9.21. The van der Waals surface area contributed by atoms with Crippen LogP contribution in [0.5, 0.6) is 11.6 Å². The molecule has 0 saturated carbocycles. The molecule has 0 unspecified atom stereocenters. The first kappa shape index (κ1) is 20.8. The summed E-state index contributed by atoms with van der Waals surface area (Å²) in [5.74, 6) is 0.145. The van der Waals surface area contributed by atoms with Gasteiger partial charge in [0.25, 0.3) is 0 Å². The van der Waals surface area contributed by atoms with Crippen molar-refractivity contribution in [1.29, 1.82) is 0 Å². The smallest absolute Gasteiger partial charge is 0.374 e. The van der Waals surface area contributed by atoms with E-state index in [1.165, 1.54) is 6.33 Å². The van der Waals surface area contributed by atoms with E-state index in [0.717, 1.165) is 16.8 Å². The van der Waals surface area contributed by atoms with Gasteiger partial charge < -0.3 is 4.74 Å². The Morgan fingerprint density at radius 1 is 0.794 bits per heavy atom. The molecule has 0 saturated heterocycles. The van der Waals surface area contributed by atoms with Crippen molar-refractivity contribution in [3.63, 3.8) is 0 Å². The molecule has 0 aliphatic carbocycles. The quantitative estimate of drug-likeness (QED) is 0.242. The summed E-state index contributed by atoms with van der Waals surface area (Å²) < 4.78 is 5.90. The molecule has 0 radical (unpaired) electrons. The standard InChI is InChI=1S/C25H18N6O3/c32-31(33)23-24(29-30(19-11-3-1-4-12-19)20-13-5-2-6-14-20)27-17-28-25(23)34-21-15-7-9-18-10-8-16-26-22(18)21/h1-17H,(H,27,28,29). The van der Waals surface area contributed by atoms with Crippen LogP contribution in [0.15, 0.2) is 104 Å².